The van der Waals surface area contributed by atoms with Gasteiger partial charge in [-0.25, -0.2) is 0 Å². The molecule has 0 unspecified atom stereocenters. The van der Waals surface area contributed by atoms with E-state index in [-0.39, 0.29) is 36.7 Å². The zero-order chi connectivity index (χ0) is 22.7. The molecule has 168 valence electrons. The normalized spacial score (nSPS) is 21.1. The van der Waals surface area contributed by atoms with Gasteiger partial charge in [0.25, 0.3) is 0 Å². The lowest BCUT2D eigenvalue weighted by molar-refractivity contribution is -0.139. The maximum atomic E-state index is 13.5. The van der Waals surface area contributed by atoms with Gasteiger partial charge < -0.3 is 14.5 Å². The van der Waals surface area contributed by atoms with E-state index >= 15 is 0 Å². The van der Waals surface area contributed by atoms with Crippen molar-refractivity contribution in [3.05, 3.63) is 65.5 Å². The quantitative estimate of drug-likeness (QED) is 0.697. The highest BCUT2D eigenvalue weighted by atomic mass is 16.5. The lowest BCUT2D eigenvalue weighted by atomic mass is 9.99. The van der Waals surface area contributed by atoms with Crippen molar-refractivity contribution in [2.24, 2.45) is 5.92 Å². The van der Waals surface area contributed by atoms with Crippen molar-refractivity contribution in [3.8, 4) is 0 Å². The van der Waals surface area contributed by atoms with Crippen LogP contribution in [0.25, 0.3) is 0 Å². The van der Waals surface area contributed by atoms with Gasteiger partial charge in [0.15, 0.2) is 5.78 Å². The summed E-state index contributed by atoms with van der Waals surface area (Å²) in [6.07, 6.45) is 1.53. The molecule has 0 saturated carbocycles. The first-order valence-corrected chi connectivity index (χ1v) is 11.1. The molecule has 1 aromatic carbocycles. The number of amides is 2. The number of Topliss-reactive ketones (excluding diaryl/α,β-unsaturated/α-hetero) is 1. The third-order valence-corrected chi connectivity index (χ3v) is 5.94. The summed E-state index contributed by atoms with van der Waals surface area (Å²) < 4.78 is 6.13. The fourth-order valence-corrected chi connectivity index (χ4v) is 4.46. The summed E-state index contributed by atoms with van der Waals surface area (Å²) in [6, 6.07) is 12.9. The van der Waals surface area contributed by atoms with Crippen molar-refractivity contribution in [3.63, 3.8) is 0 Å². The van der Waals surface area contributed by atoms with Crippen molar-refractivity contribution in [1.29, 1.82) is 0 Å². The van der Waals surface area contributed by atoms with Crippen LogP contribution in [0.4, 0.5) is 0 Å². The number of hydrogen-bond acceptors (Lipinski definition) is 5. The number of ether oxygens (including phenoxy) is 1. The minimum atomic E-state index is -0.542. The first-order valence-electron chi connectivity index (χ1n) is 11.1. The SMILES string of the molecule is CC(C)CN1C[C@H](OCc2ccccn2)CN(C(=O)[C@@H]2CC(=O)c3ccccc32)CC1=O. The summed E-state index contributed by atoms with van der Waals surface area (Å²) in [5.74, 6) is -0.538. The molecule has 2 aliphatic rings. The first-order chi connectivity index (χ1) is 15.4. The third-order valence-electron chi connectivity index (χ3n) is 5.94. The van der Waals surface area contributed by atoms with Crippen LogP contribution in [-0.4, -0.2) is 64.7 Å². The number of pyridine rings is 1. The van der Waals surface area contributed by atoms with Gasteiger partial charge in [-0.3, -0.25) is 19.4 Å². The number of rotatable bonds is 6. The number of benzene rings is 1. The average Bonchev–Trinajstić information content (AvgIpc) is 3.04. The van der Waals surface area contributed by atoms with E-state index in [0.29, 0.717) is 37.7 Å². The van der Waals surface area contributed by atoms with Gasteiger partial charge in [-0.2, -0.15) is 0 Å². The maximum Gasteiger partial charge on any atom is 0.242 e. The topological polar surface area (TPSA) is 79.8 Å². The summed E-state index contributed by atoms with van der Waals surface area (Å²) in [6.45, 7) is 5.77. The van der Waals surface area contributed by atoms with Gasteiger partial charge in [-0.1, -0.05) is 44.2 Å². The summed E-state index contributed by atoms with van der Waals surface area (Å²) in [5, 5.41) is 0. The molecule has 2 amide bonds. The molecule has 7 nitrogen and oxygen atoms in total. The molecule has 2 aromatic rings. The second-order valence-electron chi connectivity index (χ2n) is 8.93. The van der Waals surface area contributed by atoms with Crippen molar-refractivity contribution in [2.45, 2.75) is 38.9 Å². The van der Waals surface area contributed by atoms with Crippen LogP contribution >= 0.6 is 0 Å². The van der Waals surface area contributed by atoms with Crippen LogP contribution in [0.15, 0.2) is 48.7 Å². The van der Waals surface area contributed by atoms with Crippen LogP contribution in [0, 0.1) is 5.92 Å². The minimum absolute atomic E-state index is 0.00184. The molecule has 4 rings (SSSR count). The number of carbonyl (C=O) groups excluding carboxylic acids is 3. The van der Waals surface area contributed by atoms with Gasteiger partial charge in [0.2, 0.25) is 11.8 Å². The van der Waals surface area contributed by atoms with Crippen molar-refractivity contribution in [2.75, 3.05) is 26.2 Å². The molecule has 1 saturated heterocycles. The fourth-order valence-electron chi connectivity index (χ4n) is 4.46. The van der Waals surface area contributed by atoms with Crippen molar-refractivity contribution < 1.29 is 19.1 Å². The monoisotopic (exact) mass is 435 g/mol. The zero-order valence-electron chi connectivity index (χ0n) is 18.6. The Morgan fingerprint density at radius 3 is 2.66 bits per heavy atom. The number of carbonyl (C=O) groups is 3. The van der Waals surface area contributed by atoms with Crippen LogP contribution in [0.3, 0.4) is 0 Å². The van der Waals surface area contributed by atoms with E-state index in [4.69, 9.17) is 4.74 Å². The summed E-state index contributed by atoms with van der Waals surface area (Å²) in [5.41, 5.74) is 2.16. The molecule has 1 aromatic heterocycles. The highest BCUT2D eigenvalue weighted by Gasteiger charge is 2.39. The summed E-state index contributed by atoms with van der Waals surface area (Å²) >= 11 is 0. The van der Waals surface area contributed by atoms with Gasteiger partial charge in [-0.15, -0.1) is 0 Å². The molecular formula is C25H29N3O4. The molecule has 7 heteroatoms. The molecule has 0 spiro atoms. The van der Waals surface area contributed by atoms with Gasteiger partial charge >= 0.3 is 0 Å². The average molecular weight is 436 g/mol. The first kappa shape index (κ1) is 22.1. The van der Waals surface area contributed by atoms with E-state index in [1.807, 2.05) is 36.4 Å². The van der Waals surface area contributed by atoms with E-state index < -0.39 is 5.92 Å². The van der Waals surface area contributed by atoms with Crippen LogP contribution in [0.2, 0.25) is 0 Å². The molecule has 0 bridgehead atoms. The Hall–Kier alpha value is -3.06. The van der Waals surface area contributed by atoms with E-state index in [0.717, 1.165) is 11.3 Å². The Kier molecular flexibility index (Phi) is 6.65. The molecular weight excluding hydrogens is 406 g/mol. The van der Waals surface area contributed by atoms with Crippen molar-refractivity contribution in [1.82, 2.24) is 14.8 Å². The Balaban J connectivity index is 1.53. The Morgan fingerprint density at radius 1 is 1.12 bits per heavy atom. The van der Waals surface area contributed by atoms with E-state index in [1.165, 1.54) is 0 Å². The predicted molar refractivity (Wildman–Crippen MR) is 119 cm³/mol. The molecule has 0 N–H and O–H groups in total. The van der Waals surface area contributed by atoms with Crippen LogP contribution in [0.1, 0.15) is 47.8 Å². The van der Waals surface area contributed by atoms with Gasteiger partial charge in [-0.05, 0) is 23.6 Å². The second-order valence-corrected chi connectivity index (χ2v) is 8.93. The Morgan fingerprint density at radius 2 is 1.91 bits per heavy atom. The standard InChI is InChI=1S/C25H29N3O4/c1-17(2)12-27-13-19(32-16-18-7-5-6-10-26-18)14-28(15-24(27)30)25(31)22-11-23(29)21-9-4-3-8-20(21)22/h3-10,17,19,22H,11-16H2,1-2H3/t19-,22+/m0/s1. The van der Waals surface area contributed by atoms with Crippen LogP contribution < -0.4 is 0 Å². The highest BCUT2D eigenvalue weighted by Crippen LogP contribution is 2.34. The Bertz CT molecular complexity index is 992. The molecule has 32 heavy (non-hydrogen) atoms. The van der Waals surface area contributed by atoms with E-state index in [9.17, 15) is 14.4 Å². The van der Waals surface area contributed by atoms with Gasteiger partial charge in [0, 0.05) is 37.8 Å². The predicted octanol–water partition coefficient (Wildman–Crippen LogP) is 2.66. The van der Waals surface area contributed by atoms with Gasteiger partial charge in [0.05, 0.1) is 30.9 Å². The fraction of sp³-hybridized carbons (Fsp3) is 0.440. The lowest BCUT2D eigenvalue weighted by Gasteiger charge is -2.26. The summed E-state index contributed by atoms with van der Waals surface area (Å²) in [4.78, 5) is 46.6. The van der Waals surface area contributed by atoms with Crippen LogP contribution in [-0.2, 0) is 20.9 Å². The third kappa shape index (κ3) is 4.88. The molecule has 2 heterocycles. The van der Waals surface area contributed by atoms with Crippen LogP contribution in [0.5, 0.6) is 0 Å². The number of nitrogens with zero attached hydrogens (tertiary/aromatic N) is 3. The number of hydrogen-bond donors (Lipinski definition) is 0. The molecule has 0 radical (unpaired) electrons. The minimum Gasteiger partial charge on any atom is -0.368 e. The molecule has 1 fully saturated rings. The summed E-state index contributed by atoms with van der Waals surface area (Å²) in [7, 11) is 0. The molecule has 1 aliphatic carbocycles. The van der Waals surface area contributed by atoms with Crippen molar-refractivity contribution >= 4 is 17.6 Å². The molecule has 1 aliphatic heterocycles. The smallest absolute Gasteiger partial charge is 0.242 e. The van der Waals surface area contributed by atoms with Gasteiger partial charge in [0.1, 0.15) is 0 Å². The maximum absolute atomic E-state index is 13.5. The lowest BCUT2D eigenvalue weighted by Crippen LogP contribution is -2.42. The number of fused-ring (bicyclic) bond motifs is 1. The Labute approximate surface area is 188 Å². The second kappa shape index (κ2) is 9.61. The largest absolute Gasteiger partial charge is 0.368 e. The number of aromatic nitrogens is 1. The number of ketones is 1. The molecule has 2 atom stereocenters. The zero-order valence-corrected chi connectivity index (χ0v) is 18.6. The highest BCUT2D eigenvalue weighted by molar-refractivity contribution is 6.07. The van der Waals surface area contributed by atoms with E-state index in [1.54, 1.807) is 22.1 Å². The van der Waals surface area contributed by atoms with E-state index in [2.05, 4.69) is 18.8 Å².